The minimum atomic E-state index is -0.675. The summed E-state index contributed by atoms with van der Waals surface area (Å²) >= 11 is 0. The average Bonchev–Trinajstić information content (AvgIpc) is 3.06. The predicted molar refractivity (Wildman–Crippen MR) is 121 cm³/mol. The number of methoxy groups -OCH3 is 1. The molecule has 1 saturated heterocycles. The Bertz CT molecular complexity index is 1160. The van der Waals surface area contributed by atoms with Crippen LogP contribution in [0.5, 0.6) is 0 Å². The Morgan fingerprint density at radius 3 is 2.39 bits per heavy atom. The molecular formula is C26H25NO4. The van der Waals surface area contributed by atoms with Crippen molar-refractivity contribution >= 4 is 28.2 Å². The number of carbonyl (C=O) groups is 2. The second-order valence-corrected chi connectivity index (χ2v) is 7.64. The first kappa shape index (κ1) is 20.8. The summed E-state index contributed by atoms with van der Waals surface area (Å²) in [4.78, 5) is 27.4. The van der Waals surface area contributed by atoms with E-state index in [0.29, 0.717) is 12.2 Å². The summed E-state index contributed by atoms with van der Waals surface area (Å²) in [6, 6.07) is 20.5. The summed E-state index contributed by atoms with van der Waals surface area (Å²) in [6.07, 6.45) is 0.890. The lowest BCUT2D eigenvalue weighted by molar-refractivity contribution is -0.140. The van der Waals surface area contributed by atoms with Crippen LogP contribution >= 0.6 is 0 Å². The third-order valence-corrected chi connectivity index (χ3v) is 5.80. The number of aryl methyl sites for hydroxylation is 1. The standard InChI is InChI=1S/C26H25NO4/c1-3-17-8-10-19(11-9-17)23-22(25(29)26(30)27(23)14-15-31-2)24(28)21-13-12-18-6-4-5-7-20(18)16-21/h4-13,16,23,28H,3,14-15H2,1-2H3/b24-22-. The summed E-state index contributed by atoms with van der Waals surface area (Å²) in [6.45, 7) is 2.63. The second kappa shape index (κ2) is 8.74. The van der Waals surface area contributed by atoms with Gasteiger partial charge in [0.25, 0.3) is 11.7 Å². The number of amides is 1. The third kappa shape index (κ3) is 3.84. The number of hydrogen-bond acceptors (Lipinski definition) is 4. The molecule has 0 aliphatic carbocycles. The number of Topliss-reactive ketones (excluding diaryl/α,β-unsaturated/α-hetero) is 1. The van der Waals surface area contributed by atoms with Gasteiger partial charge < -0.3 is 14.7 Å². The van der Waals surface area contributed by atoms with Crippen molar-refractivity contribution in [2.45, 2.75) is 19.4 Å². The zero-order valence-electron chi connectivity index (χ0n) is 17.7. The molecule has 3 aromatic rings. The van der Waals surface area contributed by atoms with E-state index in [9.17, 15) is 14.7 Å². The van der Waals surface area contributed by atoms with Gasteiger partial charge >= 0.3 is 0 Å². The van der Waals surface area contributed by atoms with Gasteiger partial charge in [-0.25, -0.2) is 0 Å². The van der Waals surface area contributed by atoms with Gasteiger partial charge in [-0.3, -0.25) is 9.59 Å². The molecule has 1 atom stereocenters. The lowest BCUT2D eigenvalue weighted by atomic mass is 9.94. The van der Waals surface area contributed by atoms with Gasteiger partial charge in [0.1, 0.15) is 5.76 Å². The molecule has 1 heterocycles. The van der Waals surface area contributed by atoms with E-state index in [-0.39, 0.29) is 17.9 Å². The maximum absolute atomic E-state index is 13.0. The van der Waals surface area contributed by atoms with Crippen LogP contribution in [0.3, 0.4) is 0 Å². The number of ether oxygens (including phenoxy) is 1. The minimum Gasteiger partial charge on any atom is -0.507 e. The van der Waals surface area contributed by atoms with Gasteiger partial charge in [-0.1, -0.05) is 67.6 Å². The molecule has 1 fully saturated rings. The van der Waals surface area contributed by atoms with E-state index in [4.69, 9.17) is 4.74 Å². The first-order chi connectivity index (χ1) is 15.0. The molecule has 1 N–H and O–H groups in total. The number of aliphatic hydroxyl groups is 1. The molecule has 1 unspecified atom stereocenters. The topological polar surface area (TPSA) is 66.8 Å². The van der Waals surface area contributed by atoms with E-state index in [2.05, 4.69) is 6.92 Å². The molecule has 1 aliphatic heterocycles. The van der Waals surface area contributed by atoms with E-state index in [0.717, 1.165) is 28.3 Å². The lowest BCUT2D eigenvalue weighted by Crippen LogP contribution is -2.32. The van der Waals surface area contributed by atoms with Crippen LogP contribution in [0, 0.1) is 0 Å². The van der Waals surface area contributed by atoms with E-state index in [1.807, 2.05) is 60.7 Å². The summed E-state index contributed by atoms with van der Waals surface area (Å²) in [7, 11) is 1.55. The molecule has 4 rings (SSSR count). The number of nitrogens with zero attached hydrogens (tertiary/aromatic N) is 1. The fourth-order valence-electron chi connectivity index (χ4n) is 4.07. The number of rotatable bonds is 6. The zero-order chi connectivity index (χ0) is 22.0. The third-order valence-electron chi connectivity index (χ3n) is 5.80. The van der Waals surface area contributed by atoms with Crippen molar-refractivity contribution < 1.29 is 19.4 Å². The molecule has 0 bridgehead atoms. The fourth-order valence-corrected chi connectivity index (χ4v) is 4.07. The van der Waals surface area contributed by atoms with Crippen LogP contribution in [0.1, 0.15) is 29.7 Å². The Labute approximate surface area is 181 Å². The molecular weight excluding hydrogens is 390 g/mol. The van der Waals surface area contributed by atoms with E-state index < -0.39 is 17.7 Å². The highest BCUT2D eigenvalue weighted by molar-refractivity contribution is 6.46. The Balaban J connectivity index is 1.86. The number of hydrogen-bond donors (Lipinski definition) is 1. The highest BCUT2D eigenvalue weighted by Crippen LogP contribution is 2.39. The second-order valence-electron chi connectivity index (χ2n) is 7.64. The SMILES string of the molecule is CCc1ccc(C2/C(=C(/O)c3ccc4ccccc4c3)C(=O)C(=O)N2CCOC)cc1. The number of likely N-dealkylation sites (tertiary alicyclic amines) is 1. The van der Waals surface area contributed by atoms with Crippen LogP contribution in [0.25, 0.3) is 16.5 Å². The highest BCUT2D eigenvalue weighted by atomic mass is 16.5. The summed E-state index contributed by atoms with van der Waals surface area (Å²) in [5.74, 6) is -1.45. The number of ketones is 1. The van der Waals surface area contributed by atoms with Crippen molar-refractivity contribution in [2.75, 3.05) is 20.3 Å². The van der Waals surface area contributed by atoms with Crippen LogP contribution in [-0.2, 0) is 20.7 Å². The minimum absolute atomic E-state index is 0.112. The maximum atomic E-state index is 13.0. The van der Waals surface area contributed by atoms with Crippen molar-refractivity contribution in [3.05, 3.63) is 89.0 Å². The van der Waals surface area contributed by atoms with Crippen LogP contribution in [0.15, 0.2) is 72.3 Å². The van der Waals surface area contributed by atoms with Crippen LogP contribution in [0.4, 0.5) is 0 Å². The summed E-state index contributed by atoms with van der Waals surface area (Å²) < 4.78 is 5.15. The van der Waals surface area contributed by atoms with Gasteiger partial charge in [-0.15, -0.1) is 0 Å². The van der Waals surface area contributed by atoms with E-state index in [1.54, 1.807) is 13.2 Å². The van der Waals surface area contributed by atoms with E-state index in [1.165, 1.54) is 4.90 Å². The van der Waals surface area contributed by atoms with Crippen molar-refractivity contribution in [3.63, 3.8) is 0 Å². The Hall–Kier alpha value is -3.44. The largest absolute Gasteiger partial charge is 0.507 e. The smallest absolute Gasteiger partial charge is 0.295 e. The normalized spacial score (nSPS) is 18.1. The van der Waals surface area contributed by atoms with E-state index >= 15 is 0 Å². The van der Waals surface area contributed by atoms with Crippen LogP contribution < -0.4 is 0 Å². The predicted octanol–water partition coefficient (Wildman–Crippen LogP) is 4.47. The van der Waals surface area contributed by atoms with Crippen LogP contribution in [0.2, 0.25) is 0 Å². The average molecular weight is 415 g/mol. The maximum Gasteiger partial charge on any atom is 0.295 e. The molecule has 158 valence electrons. The van der Waals surface area contributed by atoms with Gasteiger partial charge in [-0.05, 0) is 34.4 Å². The zero-order valence-corrected chi connectivity index (χ0v) is 17.7. The molecule has 3 aromatic carbocycles. The van der Waals surface area contributed by atoms with Gasteiger partial charge in [0.15, 0.2) is 0 Å². The van der Waals surface area contributed by atoms with Crippen LogP contribution in [-0.4, -0.2) is 42.0 Å². The van der Waals surface area contributed by atoms with Crippen molar-refractivity contribution in [1.29, 1.82) is 0 Å². The fraction of sp³-hybridized carbons (Fsp3) is 0.231. The molecule has 1 aliphatic rings. The number of carbonyl (C=O) groups excluding carboxylic acids is 2. The van der Waals surface area contributed by atoms with Crippen molar-refractivity contribution in [2.24, 2.45) is 0 Å². The molecule has 0 radical (unpaired) electrons. The Kier molecular flexibility index (Phi) is 5.87. The van der Waals surface area contributed by atoms with Gasteiger partial charge in [0.05, 0.1) is 18.2 Å². The Morgan fingerprint density at radius 2 is 1.71 bits per heavy atom. The molecule has 0 aromatic heterocycles. The van der Waals surface area contributed by atoms with Gasteiger partial charge in [-0.2, -0.15) is 0 Å². The Morgan fingerprint density at radius 1 is 1.00 bits per heavy atom. The van der Waals surface area contributed by atoms with Gasteiger partial charge in [0, 0.05) is 19.2 Å². The summed E-state index contributed by atoms with van der Waals surface area (Å²) in [5.41, 5.74) is 2.57. The number of benzene rings is 3. The quantitative estimate of drug-likeness (QED) is 0.366. The molecule has 1 amide bonds. The highest BCUT2D eigenvalue weighted by Gasteiger charge is 2.45. The van der Waals surface area contributed by atoms with Gasteiger partial charge in [0.2, 0.25) is 0 Å². The molecule has 5 heteroatoms. The number of fused-ring (bicyclic) bond motifs is 1. The molecule has 5 nitrogen and oxygen atoms in total. The molecule has 0 spiro atoms. The summed E-state index contributed by atoms with van der Waals surface area (Å²) in [5, 5.41) is 13.2. The molecule has 0 saturated carbocycles. The monoisotopic (exact) mass is 415 g/mol. The molecule has 31 heavy (non-hydrogen) atoms. The first-order valence-electron chi connectivity index (χ1n) is 10.4. The van der Waals surface area contributed by atoms with Crippen molar-refractivity contribution in [3.8, 4) is 0 Å². The first-order valence-corrected chi connectivity index (χ1v) is 10.4. The number of aliphatic hydroxyl groups excluding tert-OH is 1. The van der Waals surface area contributed by atoms with Crippen molar-refractivity contribution in [1.82, 2.24) is 4.90 Å². The lowest BCUT2D eigenvalue weighted by Gasteiger charge is -2.25.